The smallest absolute Gasteiger partial charge is 0.251 e. The first kappa shape index (κ1) is 22.8. The molecule has 8 nitrogen and oxygen atoms in total. The molecule has 0 spiro atoms. The second-order valence-corrected chi connectivity index (χ2v) is 9.88. The zero-order chi connectivity index (χ0) is 22.8. The monoisotopic (exact) mass is 444 g/mol. The van der Waals surface area contributed by atoms with Crippen LogP contribution < -0.4 is 14.5 Å². The molecule has 1 unspecified atom stereocenters. The average molecular weight is 445 g/mol. The molecule has 0 aliphatic carbocycles. The molecule has 0 saturated carbocycles. The molecule has 0 radical (unpaired) electrons. The van der Waals surface area contributed by atoms with Crippen molar-refractivity contribution in [1.82, 2.24) is 10.2 Å². The standard InChI is InChI=1S/C22H28N4O4S/c1-24(2)18-9-5-16(6-10-18)20(25(3)4)15-23-22(28)17-7-11-19(12-8-17)26-21(27)13-14-31(26,29)30/h5-12,20H,13-15H2,1-4H3,(H,23,28). The molecule has 1 saturated heterocycles. The van der Waals surface area contributed by atoms with Crippen LogP contribution in [0.25, 0.3) is 0 Å². The summed E-state index contributed by atoms with van der Waals surface area (Å²) >= 11 is 0. The highest BCUT2D eigenvalue weighted by molar-refractivity contribution is 7.94. The molecule has 3 rings (SSSR count). The molecule has 1 aliphatic rings. The molecule has 31 heavy (non-hydrogen) atoms. The van der Waals surface area contributed by atoms with Crippen LogP contribution in [0.2, 0.25) is 0 Å². The normalized spacial score (nSPS) is 16.4. The fraction of sp³-hybridized carbons (Fsp3) is 0.364. The first-order chi connectivity index (χ1) is 14.6. The van der Waals surface area contributed by atoms with Crippen LogP contribution in [0.3, 0.4) is 0 Å². The van der Waals surface area contributed by atoms with E-state index in [1.54, 1.807) is 0 Å². The molecule has 0 bridgehead atoms. The maximum atomic E-state index is 12.6. The first-order valence-electron chi connectivity index (χ1n) is 9.98. The van der Waals surface area contributed by atoms with Crippen LogP contribution in [-0.4, -0.2) is 65.6 Å². The number of rotatable bonds is 7. The van der Waals surface area contributed by atoms with E-state index in [1.165, 1.54) is 24.3 Å². The van der Waals surface area contributed by atoms with E-state index >= 15 is 0 Å². The summed E-state index contributed by atoms with van der Waals surface area (Å²) in [5.74, 6) is -0.902. The number of likely N-dealkylation sites (N-methyl/N-ethyl adjacent to an activating group) is 1. The molecule has 1 fully saturated rings. The molecular weight excluding hydrogens is 416 g/mol. The lowest BCUT2D eigenvalue weighted by Crippen LogP contribution is -2.34. The fourth-order valence-electron chi connectivity index (χ4n) is 3.50. The van der Waals surface area contributed by atoms with Crippen molar-refractivity contribution in [2.45, 2.75) is 12.5 Å². The Morgan fingerprint density at radius 3 is 2.13 bits per heavy atom. The summed E-state index contributed by atoms with van der Waals surface area (Å²) in [6.45, 7) is 0.411. The Labute approximate surface area is 183 Å². The molecule has 2 aromatic rings. The van der Waals surface area contributed by atoms with Gasteiger partial charge in [0.2, 0.25) is 15.9 Å². The van der Waals surface area contributed by atoms with E-state index in [0.717, 1.165) is 15.6 Å². The van der Waals surface area contributed by atoms with Gasteiger partial charge in [-0.25, -0.2) is 12.7 Å². The van der Waals surface area contributed by atoms with Crippen molar-refractivity contribution in [3.8, 4) is 0 Å². The van der Waals surface area contributed by atoms with Gasteiger partial charge >= 0.3 is 0 Å². The largest absolute Gasteiger partial charge is 0.378 e. The van der Waals surface area contributed by atoms with Gasteiger partial charge in [-0.3, -0.25) is 9.59 Å². The molecule has 9 heteroatoms. The quantitative estimate of drug-likeness (QED) is 0.701. The van der Waals surface area contributed by atoms with E-state index in [0.29, 0.717) is 12.1 Å². The van der Waals surface area contributed by atoms with E-state index in [4.69, 9.17) is 0 Å². The van der Waals surface area contributed by atoms with Crippen molar-refractivity contribution in [3.05, 3.63) is 59.7 Å². The predicted molar refractivity (Wildman–Crippen MR) is 122 cm³/mol. The van der Waals surface area contributed by atoms with Crippen LogP contribution in [0.4, 0.5) is 11.4 Å². The minimum absolute atomic E-state index is 0.00759. The minimum atomic E-state index is -3.62. The van der Waals surface area contributed by atoms with Gasteiger partial charge < -0.3 is 15.1 Å². The van der Waals surface area contributed by atoms with Crippen molar-refractivity contribution < 1.29 is 18.0 Å². The molecule has 0 aromatic heterocycles. The number of sulfonamides is 1. The number of hydrogen-bond donors (Lipinski definition) is 1. The van der Waals surface area contributed by atoms with Gasteiger partial charge in [-0.05, 0) is 56.1 Å². The molecule has 1 atom stereocenters. The molecule has 2 aromatic carbocycles. The summed E-state index contributed by atoms with van der Waals surface area (Å²) in [7, 11) is 4.27. The van der Waals surface area contributed by atoms with Gasteiger partial charge in [-0.2, -0.15) is 0 Å². The van der Waals surface area contributed by atoms with Crippen LogP contribution in [0, 0.1) is 0 Å². The number of hydrogen-bond acceptors (Lipinski definition) is 6. The number of anilines is 2. The Morgan fingerprint density at radius 1 is 1.03 bits per heavy atom. The lowest BCUT2D eigenvalue weighted by molar-refractivity contribution is -0.116. The molecule has 166 valence electrons. The minimum Gasteiger partial charge on any atom is -0.378 e. The van der Waals surface area contributed by atoms with Crippen molar-refractivity contribution >= 4 is 33.2 Å². The zero-order valence-corrected chi connectivity index (χ0v) is 19.0. The van der Waals surface area contributed by atoms with E-state index in [1.807, 2.05) is 50.1 Å². The number of amides is 2. The van der Waals surface area contributed by atoms with Gasteiger partial charge in [0, 0.05) is 38.3 Å². The second-order valence-electron chi connectivity index (χ2n) is 7.95. The Balaban J connectivity index is 1.68. The summed E-state index contributed by atoms with van der Waals surface area (Å²) in [5, 5.41) is 2.94. The van der Waals surface area contributed by atoms with Gasteiger partial charge in [-0.15, -0.1) is 0 Å². The molecule has 1 heterocycles. The predicted octanol–water partition coefficient (Wildman–Crippen LogP) is 1.85. The highest BCUT2D eigenvalue weighted by atomic mass is 32.2. The third-order valence-electron chi connectivity index (χ3n) is 5.32. The van der Waals surface area contributed by atoms with Crippen molar-refractivity contribution in [3.63, 3.8) is 0 Å². The van der Waals surface area contributed by atoms with E-state index in [2.05, 4.69) is 17.4 Å². The Bertz CT molecular complexity index is 1050. The summed E-state index contributed by atoms with van der Waals surface area (Å²) in [5.41, 5.74) is 2.84. The third kappa shape index (κ3) is 5.05. The lowest BCUT2D eigenvalue weighted by atomic mass is 10.0. The number of nitrogens with zero attached hydrogens (tertiary/aromatic N) is 3. The summed E-state index contributed by atoms with van der Waals surface area (Å²) < 4.78 is 24.9. The van der Waals surface area contributed by atoms with Gasteiger partial charge in [-0.1, -0.05) is 12.1 Å². The highest BCUT2D eigenvalue weighted by Crippen LogP contribution is 2.25. The zero-order valence-electron chi connectivity index (χ0n) is 18.2. The number of nitrogens with one attached hydrogen (secondary N) is 1. The van der Waals surface area contributed by atoms with E-state index in [-0.39, 0.29) is 29.8 Å². The van der Waals surface area contributed by atoms with E-state index < -0.39 is 15.9 Å². The van der Waals surface area contributed by atoms with Crippen molar-refractivity contribution in [1.29, 1.82) is 0 Å². The topological polar surface area (TPSA) is 90.0 Å². The molecular formula is C22H28N4O4S. The van der Waals surface area contributed by atoms with Crippen LogP contribution in [0.1, 0.15) is 28.4 Å². The van der Waals surface area contributed by atoms with Gasteiger partial charge in [0.25, 0.3) is 5.91 Å². The van der Waals surface area contributed by atoms with Crippen molar-refractivity contribution in [2.75, 3.05) is 49.7 Å². The summed E-state index contributed by atoms with van der Waals surface area (Å²) in [4.78, 5) is 28.6. The average Bonchev–Trinajstić information content (AvgIpc) is 3.00. The van der Waals surface area contributed by atoms with Crippen LogP contribution in [-0.2, 0) is 14.8 Å². The highest BCUT2D eigenvalue weighted by Gasteiger charge is 2.36. The Hall–Kier alpha value is -2.91. The van der Waals surface area contributed by atoms with Crippen molar-refractivity contribution in [2.24, 2.45) is 0 Å². The molecule has 1 aliphatic heterocycles. The third-order valence-corrected chi connectivity index (χ3v) is 7.01. The fourth-order valence-corrected chi connectivity index (χ4v) is 4.96. The van der Waals surface area contributed by atoms with Gasteiger partial charge in [0.05, 0.1) is 17.5 Å². The maximum absolute atomic E-state index is 12.6. The SMILES string of the molecule is CN(C)c1ccc(C(CNC(=O)c2ccc(N3C(=O)CCS3(=O)=O)cc2)N(C)C)cc1. The second kappa shape index (κ2) is 9.07. The Morgan fingerprint density at radius 2 is 1.65 bits per heavy atom. The van der Waals surface area contributed by atoms with Gasteiger partial charge in [0.15, 0.2) is 0 Å². The van der Waals surface area contributed by atoms with Gasteiger partial charge in [0.1, 0.15) is 0 Å². The molecule has 1 N–H and O–H groups in total. The first-order valence-corrected chi connectivity index (χ1v) is 11.6. The number of benzene rings is 2. The van der Waals surface area contributed by atoms with E-state index in [9.17, 15) is 18.0 Å². The van der Waals surface area contributed by atoms with Crippen LogP contribution in [0.15, 0.2) is 48.5 Å². The number of carbonyl (C=O) groups excluding carboxylic acids is 2. The van der Waals surface area contributed by atoms with Crippen LogP contribution in [0.5, 0.6) is 0 Å². The summed E-state index contributed by atoms with van der Waals surface area (Å²) in [6, 6.07) is 14.2. The maximum Gasteiger partial charge on any atom is 0.251 e. The summed E-state index contributed by atoms with van der Waals surface area (Å²) in [6.07, 6.45) is -0.0218. The Kier molecular flexibility index (Phi) is 6.66. The lowest BCUT2D eigenvalue weighted by Gasteiger charge is -2.26. The molecule has 2 amide bonds. The number of carbonyl (C=O) groups is 2. The van der Waals surface area contributed by atoms with Crippen LogP contribution >= 0.6 is 0 Å².